The van der Waals surface area contributed by atoms with E-state index in [9.17, 15) is 8.42 Å². The average molecular weight is 359 g/mol. The summed E-state index contributed by atoms with van der Waals surface area (Å²) < 4.78 is 40.4. The summed E-state index contributed by atoms with van der Waals surface area (Å²) in [6.45, 7) is 2.94. The topological polar surface area (TPSA) is 81.9 Å². The van der Waals surface area contributed by atoms with E-state index in [1.54, 1.807) is 6.07 Å². The highest BCUT2D eigenvalue weighted by molar-refractivity contribution is 7.89. The first-order valence-corrected chi connectivity index (χ1v) is 9.34. The van der Waals surface area contributed by atoms with Crippen LogP contribution in [-0.2, 0) is 16.6 Å². The molecule has 1 N–H and O–H groups in total. The molecule has 3 aromatic rings. The summed E-state index contributed by atoms with van der Waals surface area (Å²) in [4.78, 5) is 4.61. The third kappa shape index (κ3) is 3.06. The maximum atomic E-state index is 12.5. The van der Waals surface area contributed by atoms with E-state index >= 15 is 0 Å². The molecule has 0 saturated carbocycles. The van der Waals surface area contributed by atoms with Gasteiger partial charge in [0.05, 0.1) is 17.1 Å². The lowest BCUT2D eigenvalue weighted by Crippen LogP contribution is -2.24. The van der Waals surface area contributed by atoms with Gasteiger partial charge >= 0.3 is 0 Å². The van der Waals surface area contributed by atoms with E-state index in [1.807, 2.05) is 35.9 Å². The van der Waals surface area contributed by atoms with Crippen molar-refractivity contribution in [3.05, 3.63) is 54.0 Å². The molecule has 0 aliphatic carbocycles. The second-order valence-corrected chi connectivity index (χ2v) is 7.55. The van der Waals surface area contributed by atoms with Crippen molar-refractivity contribution in [3.63, 3.8) is 0 Å². The third-order valence-corrected chi connectivity index (χ3v) is 5.39. The van der Waals surface area contributed by atoms with Gasteiger partial charge in [-0.25, -0.2) is 18.1 Å². The number of nitrogens with one attached hydrogen (secondary N) is 1. The molecule has 0 bridgehead atoms. The lowest BCUT2D eigenvalue weighted by Gasteiger charge is -2.18. The lowest BCUT2D eigenvalue weighted by molar-refractivity contribution is 0.171. The summed E-state index contributed by atoms with van der Waals surface area (Å²) in [5, 5.41) is 0. The fraction of sp³-hybridized carbons (Fsp3) is 0.235. The summed E-state index contributed by atoms with van der Waals surface area (Å²) in [5.74, 6) is 0.999. The first-order chi connectivity index (χ1) is 12.0. The maximum Gasteiger partial charge on any atom is 0.241 e. The fourth-order valence-corrected chi connectivity index (χ4v) is 3.75. The SMILES string of the molecule is Cc1cccn2cc(CNS(=O)(=O)c3ccc4c(c3)OCCO4)nc12. The van der Waals surface area contributed by atoms with Gasteiger partial charge in [-0.05, 0) is 30.7 Å². The Kier molecular flexibility index (Phi) is 3.85. The molecule has 130 valence electrons. The number of rotatable bonds is 4. The Hall–Kier alpha value is -2.58. The summed E-state index contributed by atoms with van der Waals surface area (Å²) in [5.41, 5.74) is 2.50. The zero-order valence-electron chi connectivity index (χ0n) is 13.6. The number of benzene rings is 1. The molecule has 8 heteroatoms. The van der Waals surface area contributed by atoms with Gasteiger partial charge in [-0.2, -0.15) is 0 Å². The van der Waals surface area contributed by atoms with Crippen LogP contribution >= 0.6 is 0 Å². The molecule has 0 amide bonds. The Labute approximate surface area is 145 Å². The van der Waals surface area contributed by atoms with Crippen LogP contribution in [0.4, 0.5) is 0 Å². The van der Waals surface area contributed by atoms with Crippen LogP contribution in [0, 0.1) is 6.92 Å². The zero-order valence-corrected chi connectivity index (χ0v) is 14.4. The molecular weight excluding hydrogens is 342 g/mol. The molecule has 1 aliphatic heterocycles. The Balaban J connectivity index is 1.55. The molecule has 0 fully saturated rings. The van der Waals surface area contributed by atoms with Crippen LogP contribution in [0.15, 0.2) is 47.6 Å². The predicted octanol–water partition coefficient (Wildman–Crippen LogP) is 1.89. The van der Waals surface area contributed by atoms with E-state index in [4.69, 9.17) is 9.47 Å². The smallest absolute Gasteiger partial charge is 0.241 e. The van der Waals surface area contributed by atoms with Gasteiger partial charge < -0.3 is 13.9 Å². The number of fused-ring (bicyclic) bond motifs is 2. The van der Waals surface area contributed by atoms with Gasteiger partial charge in [0.25, 0.3) is 0 Å². The van der Waals surface area contributed by atoms with Crippen LogP contribution in [0.5, 0.6) is 11.5 Å². The van der Waals surface area contributed by atoms with Crippen LogP contribution in [0.3, 0.4) is 0 Å². The molecule has 0 spiro atoms. The van der Waals surface area contributed by atoms with E-state index < -0.39 is 10.0 Å². The molecule has 1 aliphatic rings. The number of imidazole rings is 1. The Morgan fingerprint density at radius 1 is 1.20 bits per heavy atom. The second kappa shape index (κ2) is 6.05. The Morgan fingerprint density at radius 2 is 2.00 bits per heavy atom. The van der Waals surface area contributed by atoms with E-state index in [0.717, 1.165) is 11.2 Å². The molecule has 0 radical (unpaired) electrons. The van der Waals surface area contributed by atoms with E-state index in [-0.39, 0.29) is 11.4 Å². The molecule has 25 heavy (non-hydrogen) atoms. The average Bonchev–Trinajstić information content (AvgIpc) is 3.04. The first-order valence-electron chi connectivity index (χ1n) is 7.85. The van der Waals surface area contributed by atoms with Gasteiger partial charge in [0.15, 0.2) is 11.5 Å². The van der Waals surface area contributed by atoms with Crippen molar-refractivity contribution >= 4 is 15.7 Å². The van der Waals surface area contributed by atoms with Crippen molar-refractivity contribution in [2.24, 2.45) is 0 Å². The van der Waals surface area contributed by atoms with E-state index in [2.05, 4.69) is 9.71 Å². The standard InChI is InChI=1S/C17H17N3O4S/c1-12-3-2-6-20-11-13(19-17(12)20)10-18-25(21,22)14-4-5-15-16(9-14)24-8-7-23-15/h2-6,9,11,18H,7-8,10H2,1H3. The predicted molar refractivity (Wildman–Crippen MR) is 91.4 cm³/mol. The monoisotopic (exact) mass is 359 g/mol. The zero-order chi connectivity index (χ0) is 17.4. The van der Waals surface area contributed by atoms with Gasteiger partial charge in [-0.15, -0.1) is 0 Å². The lowest BCUT2D eigenvalue weighted by atomic mass is 10.3. The van der Waals surface area contributed by atoms with Crippen LogP contribution in [0.1, 0.15) is 11.3 Å². The van der Waals surface area contributed by atoms with E-state index in [1.165, 1.54) is 12.1 Å². The minimum atomic E-state index is -3.67. The van der Waals surface area contributed by atoms with Crippen LogP contribution in [0.2, 0.25) is 0 Å². The number of hydrogen-bond acceptors (Lipinski definition) is 5. The molecule has 0 saturated heterocycles. The molecule has 0 atom stereocenters. The van der Waals surface area contributed by atoms with Gasteiger partial charge in [-0.3, -0.25) is 0 Å². The third-order valence-electron chi connectivity index (χ3n) is 4.00. The normalized spacial score (nSPS) is 14.0. The summed E-state index contributed by atoms with van der Waals surface area (Å²) >= 11 is 0. The number of hydrogen-bond donors (Lipinski definition) is 1. The summed E-state index contributed by atoms with van der Waals surface area (Å²) in [6, 6.07) is 8.48. The van der Waals surface area contributed by atoms with Gasteiger partial charge in [0.2, 0.25) is 10.0 Å². The number of aromatic nitrogens is 2. The van der Waals surface area contributed by atoms with Crippen molar-refractivity contribution < 1.29 is 17.9 Å². The minimum absolute atomic E-state index is 0.109. The minimum Gasteiger partial charge on any atom is -0.486 e. The maximum absolute atomic E-state index is 12.5. The van der Waals surface area contributed by atoms with Gasteiger partial charge in [0, 0.05) is 18.5 Å². The highest BCUT2D eigenvalue weighted by Gasteiger charge is 2.19. The van der Waals surface area contributed by atoms with Crippen molar-refractivity contribution in [2.75, 3.05) is 13.2 Å². The Bertz CT molecular complexity index is 1040. The molecule has 7 nitrogen and oxygen atoms in total. The molecule has 3 heterocycles. The number of aryl methyl sites for hydroxylation is 1. The highest BCUT2D eigenvalue weighted by atomic mass is 32.2. The van der Waals surface area contributed by atoms with Crippen molar-refractivity contribution in [2.45, 2.75) is 18.4 Å². The van der Waals surface area contributed by atoms with Crippen molar-refractivity contribution in [1.29, 1.82) is 0 Å². The van der Waals surface area contributed by atoms with Gasteiger partial charge in [0.1, 0.15) is 18.9 Å². The largest absolute Gasteiger partial charge is 0.486 e. The Morgan fingerprint density at radius 3 is 2.80 bits per heavy atom. The highest BCUT2D eigenvalue weighted by Crippen LogP contribution is 2.32. The van der Waals surface area contributed by atoms with Crippen LogP contribution in [-0.4, -0.2) is 31.0 Å². The summed E-state index contributed by atoms with van der Waals surface area (Å²) in [6.07, 6.45) is 3.70. The fourth-order valence-electron chi connectivity index (χ4n) is 2.73. The van der Waals surface area contributed by atoms with Crippen LogP contribution in [0.25, 0.3) is 5.65 Å². The van der Waals surface area contributed by atoms with E-state index in [0.29, 0.717) is 30.4 Å². The number of nitrogens with zero attached hydrogens (tertiary/aromatic N) is 2. The number of ether oxygens (including phenoxy) is 2. The molecule has 0 unspecified atom stereocenters. The van der Waals surface area contributed by atoms with Crippen molar-refractivity contribution in [1.82, 2.24) is 14.1 Å². The molecule has 4 rings (SSSR count). The quantitative estimate of drug-likeness (QED) is 0.769. The second-order valence-electron chi connectivity index (χ2n) is 5.78. The molecular formula is C17H17N3O4S. The van der Waals surface area contributed by atoms with Crippen molar-refractivity contribution in [3.8, 4) is 11.5 Å². The first kappa shape index (κ1) is 15.9. The van der Waals surface area contributed by atoms with Gasteiger partial charge in [-0.1, -0.05) is 6.07 Å². The molecule has 1 aromatic carbocycles. The summed E-state index contributed by atoms with van der Waals surface area (Å²) in [7, 11) is -3.67. The van der Waals surface area contributed by atoms with Crippen LogP contribution < -0.4 is 14.2 Å². The number of pyridine rings is 1. The molecule has 2 aromatic heterocycles. The number of sulfonamides is 1.